The number of aromatic nitrogens is 4. The van der Waals surface area contributed by atoms with Crippen molar-refractivity contribution in [1.29, 1.82) is 0 Å². The third-order valence-electron chi connectivity index (χ3n) is 4.58. The highest BCUT2D eigenvalue weighted by molar-refractivity contribution is 5.92. The van der Waals surface area contributed by atoms with Crippen LogP contribution in [0, 0.1) is 0 Å². The lowest BCUT2D eigenvalue weighted by Gasteiger charge is -2.29. The molecule has 0 aromatic carbocycles. The second-order valence-corrected chi connectivity index (χ2v) is 6.56. The van der Waals surface area contributed by atoms with Gasteiger partial charge in [-0.15, -0.1) is 0 Å². The van der Waals surface area contributed by atoms with Crippen molar-refractivity contribution in [2.45, 2.75) is 44.3 Å². The zero-order valence-corrected chi connectivity index (χ0v) is 15.6. The highest BCUT2D eigenvalue weighted by Gasteiger charge is 2.25. The Morgan fingerprint density at radius 1 is 1.29 bits per heavy atom. The number of rotatable bonds is 8. The summed E-state index contributed by atoms with van der Waals surface area (Å²) in [4.78, 5) is 24.4. The minimum absolute atomic E-state index is 0.0179. The molecule has 1 amide bonds. The fourth-order valence-electron chi connectivity index (χ4n) is 3.11. The Balaban J connectivity index is 1.63. The first-order chi connectivity index (χ1) is 13.6. The second-order valence-electron chi connectivity index (χ2n) is 6.56. The highest BCUT2D eigenvalue weighted by Crippen LogP contribution is 2.22. The molecule has 28 heavy (non-hydrogen) atoms. The fourth-order valence-corrected chi connectivity index (χ4v) is 3.11. The monoisotopic (exact) mass is 395 g/mol. The van der Waals surface area contributed by atoms with Gasteiger partial charge in [0.15, 0.2) is 0 Å². The van der Waals surface area contributed by atoms with Crippen molar-refractivity contribution in [2.24, 2.45) is 0 Å². The third-order valence-corrected chi connectivity index (χ3v) is 4.58. The summed E-state index contributed by atoms with van der Waals surface area (Å²) in [7, 11) is 1.63. The van der Waals surface area contributed by atoms with Crippen LogP contribution >= 0.6 is 0 Å². The molecule has 1 saturated carbocycles. The van der Waals surface area contributed by atoms with E-state index in [1.807, 2.05) is 0 Å². The normalized spacial score (nSPS) is 19.7. The van der Waals surface area contributed by atoms with Crippen molar-refractivity contribution in [3.05, 3.63) is 36.2 Å². The molecular weight excluding hydrogens is 372 g/mol. The van der Waals surface area contributed by atoms with Gasteiger partial charge in [0.2, 0.25) is 5.95 Å². The Morgan fingerprint density at radius 3 is 2.71 bits per heavy atom. The molecule has 2 aromatic rings. The number of methoxy groups -OCH3 is 1. The number of imidazole rings is 1. The van der Waals surface area contributed by atoms with E-state index in [1.165, 1.54) is 23.3 Å². The standard InChI is InChI=1S/C18H23F2N5O3/c1-27-8-9-28-13-4-2-12(3-5-13)22-17(26)15-10-14(16(19)20)23-18(24-15)25-7-6-21-11-25/h6-7,10-13,16H,2-5,8-9H2,1H3,(H,22,26). The van der Waals surface area contributed by atoms with Gasteiger partial charge in [-0.2, -0.15) is 0 Å². The van der Waals surface area contributed by atoms with Gasteiger partial charge in [0.05, 0.1) is 19.3 Å². The van der Waals surface area contributed by atoms with E-state index in [1.54, 1.807) is 7.11 Å². The molecule has 0 unspecified atom stereocenters. The molecule has 0 atom stereocenters. The summed E-state index contributed by atoms with van der Waals surface area (Å²) in [6, 6.07) is 0.983. The van der Waals surface area contributed by atoms with Crippen molar-refractivity contribution in [1.82, 2.24) is 24.8 Å². The molecule has 8 nitrogen and oxygen atoms in total. The van der Waals surface area contributed by atoms with E-state index in [4.69, 9.17) is 9.47 Å². The van der Waals surface area contributed by atoms with Gasteiger partial charge in [-0.3, -0.25) is 9.36 Å². The minimum atomic E-state index is -2.81. The molecule has 1 fully saturated rings. The number of amides is 1. The number of ether oxygens (including phenoxy) is 2. The zero-order valence-electron chi connectivity index (χ0n) is 15.6. The molecule has 2 aromatic heterocycles. The summed E-state index contributed by atoms with van der Waals surface area (Å²) in [5, 5.41) is 2.88. The van der Waals surface area contributed by atoms with E-state index < -0.39 is 18.0 Å². The van der Waals surface area contributed by atoms with Crippen LogP contribution in [0.2, 0.25) is 0 Å². The van der Waals surface area contributed by atoms with E-state index >= 15 is 0 Å². The summed E-state index contributed by atoms with van der Waals surface area (Å²) < 4.78 is 38.4. The molecule has 1 aliphatic rings. The molecule has 3 rings (SSSR count). The van der Waals surface area contributed by atoms with Crippen molar-refractivity contribution in [3.63, 3.8) is 0 Å². The molecule has 10 heteroatoms. The lowest BCUT2D eigenvalue weighted by molar-refractivity contribution is -0.00409. The SMILES string of the molecule is COCCOC1CCC(NC(=O)c2cc(C(F)F)nc(-n3ccnc3)n2)CC1. The number of nitrogens with one attached hydrogen (secondary N) is 1. The Morgan fingerprint density at radius 2 is 2.07 bits per heavy atom. The molecule has 0 aliphatic heterocycles. The molecule has 0 spiro atoms. The first kappa shape index (κ1) is 20.3. The van der Waals surface area contributed by atoms with Gasteiger partial charge < -0.3 is 14.8 Å². The maximum Gasteiger partial charge on any atom is 0.280 e. The van der Waals surface area contributed by atoms with E-state index in [-0.39, 0.29) is 23.8 Å². The van der Waals surface area contributed by atoms with Crippen LogP contribution < -0.4 is 5.32 Å². The smallest absolute Gasteiger partial charge is 0.280 e. The van der Waals surface area contributed by atoms with Gasteiger partial charge >= 0.3 is 0 Å². The minimum Gasteiger partial charge on any atom is -0.382 e. The number of hydrogen-bond acceptors (Lipinski definition) is 6. The maximum atomic E-state index is 13.2. The number of halogens is 2. The van der Waals surface area contributed by atoms with Gasteiger partial charge in [0.1, 0.15) is 17.7 Å². The molecule has 0 radical (unpaired) electrons. The number of carbonyl (C=O) groups excluding carboxylic acids is 1. The average molecular weight is 395 g/mol. The molecular formula is C18H23F2N5O3. The summed E-state index contributed by atoms with van der Waals surface area (Å²) >= 11 is 0. The summed E-state index contributed by atoms with van der Waals surface area (Å²) in [6.45, 7) is 1.10. The first-order valence-corrected chi connectivity index (χ1v) is 9.13. The second kappa shape index (κ2) is 9.65. The predicted octanol–water partition coefficient (Wildman–Crippen LogP) is 2.30. The molecule has 0 bridgehead atoms. The number of carbonyl (C=O) groups is 1. The Labute approximate surface area is 161 Å². The number of hydrogen-bond donors (Lipinski definition) is 1. The van der Waals surface area contributed by atoms with Crippen molar-refractivity contribution in [3.8, 4) is 5.95 Å². The molecule has 1 aliphatic carbocycles. The van der Waals surface area contributed by atoms with Gasteiger partial charge in [-0.1, -0.05) is 0 Å². The van der Waals surface area contributed by atoms with Crippen LogP contribution in [0.1, 0.15) is 48.3 Å². The maximum absolute atomic E-state index is 13.2. The molecule has 0 saturated heterocycles. The number of nitrogens with zero attached hydrogens (tertiary/aromatic N) is 4. The predicted molar refractivity (Wildman–Crippen MR) is 95.4 cm³/mol. The summed E-state index contributed by atoms with van der Waals surface area (Å²) in [6.07, 6.45) is 4.88. The van der Waals surface area contributed by atoms with E-state index in [0.717, 1.165) is 31.7 Å². The van der Waals surface area contributed by atoms with Crippen LogP contribution in [0.25, 0.3) is 5.95 Å². The van der Waals surface area contributed by atoms with E-state index in [2.05, 4.69) is 20.3 Å². The lowest BCUT2D eigenvalue weighted by Crippen LogP contribution is -2.39. The fraction of sp³-hybridized carbons (Fsp3) is 0.556. The summed E-state index contributed by atoms with van der Waals surface area (Å²) in [5.74, 6) is -0.509. The van der Waals surface area contributed by atoms with Crippen molar-refractivity contribution < 1.29 is 23.0 Å². The van der Waals surface area contributed by atoms with Gasteiger partial charge in [-0.05, 0) is 31.7 Å². The van der Waals surface area contributed by atoms with Crippen LogP contribution in [-0.2, 0) is 9.47 Å². The number of alkyl halides is 2. The van der Waals surface area contributed by atoms with Gasteiger partial charge in [-0.25, -0.2) is 23.7 Å². The Kier molecular flexibility index (Phi) is 6.99. The lowest BCUT2D eigenvalue weighted by atomic mass is 9.93. The molecule has 1 N–H and O–H groups in total. The summed E-state index contributed by atoms with van der Waals surface area (Å²) in [5.41, 5.74) is -0.591. The first-order valence-electron chi connectivity index (χ1n) is 9.13. The zero-order chi connectivity index (χ0) is 19.9. The Hall–Kier alpha value is -2.46. The van der Waals surface area contributed by atoms with Crippen LogP contribution in [0.3, 0.4) is 0 Å². The molecule has 2 heterocycles. The van der Waals surface area contributed by atoms with Crippen LogP contribution in [-0.4, -0.2) is 57.9 Å². The van der Waals surface area contributed by atoms with E-state index in [9.17, 15) is 13.6 Å². The van der Waals surface area contributed by atoms with E-state index in [0.29, 0.717) is 13.2 Å². The van der Waals surface area contributed by atoms with Crippen molar-refractivity contribution in [2.75, 3.05) is 20.3 Å². The van der Waals surface area contributed by atoms with Crippen molar-refractivity contribution >= 4 is 5.91 Å². The highest BCUT2D eigenvalue weighted by atomic mass is 19.3. The van der Waals surface area contributed by atoms with Crippen LogP contribution in [0.15, 0.2) is 24.8 Å². The van der Waals surface area contributed by atoms with Crippen LogP contribution in [0.4, 0.5) is 8.78 Å². The van der Waals surface area contributed by atoms with Gasteiger partial charge in [0.25, 0.3) is 12.3 Å². The Bertz CT molecular complexity index is 765. The third kappa shape index (κ3) is 5.29. The topological polar surface area (TPSA) is 91.2 Å². The van der Waals surface area contributed by atoms with Crippen LogP contribution in [0.5, 0.6) is 0 Å². The quantitative estimate of drug-likeness (QED) is 0.690. The largest absolute Gasteiger partial charge is 0.382 e. The average Bonchev–Trinajstić information content (AvgIpc) is 3.24. The molecule has 152 valence electrons. The van der Waals surface area contributed by atoms with Gasteiger partial charge in [0, 0.05) is 25.5 Å².